The molecule has 1 aromatic rings. The van der Waals surface area contributed by atoms with E-state index >= 15 is 0 Å². The fraction of sp³-hybridized carbons (Fsp3) is 0.538. The molecule has 2 aliphatic heterocycles. The lowest BCUT2D eigenvalue weighted by atomic mass is 9.94. The van der Waals surface area contributed by atoms with E-state index in [0.717, 1.165) is 23.9 Å². The van der Waals surface area contributed by atoms with E-state index in [2.05, 4.69) is 37.2 Å². The lowest BCUT2D eigenvalue weighted by Gasteiger charge is -2.24. The van der Waals surface area contributed by atoms with Crippen molar-refractivity contribution in [3.63, 3.8) is 0 Å². The average molecular weight is 424 g/mol. The van der Waals surface area contributed by atoms with E-state index in [1.165, 1.54) is 0 Å². The van der Waals surface area contributed by atoms with Gasteiger partial charge in [0, 0.05) is 28.1 Å². The average Bonchev–Trinajstić information content (AvgIpc) is 2.82. The summed E-state index contributed by atoms with van der Waals surface area (Å²) >= 11 is 6.70. The fourth-order valence-electron chi connectivity index (χ4n) is 3.03. The molecule has 2 aliphatic rings. The SMILES string of the molecule is O=S(=O)(c1ccc(Br)cc1Br)N1C[C@@H]2CCCN[C@@H]2C1. The highest BCUT2D eigenvalue weighted by Gasteiger charge is 2.40. The zero-order valence-corrected chi connectivity index (χ0v) is 14.8. The van der Waals surface area contributed by atoms with Crippen molar-refractivity contribution < 1.29 is 8.42 Å². The molecule has 0 unspecified atom stereocenters. The van der Waals surface area contributed by atoms with Crippen molar-refractivity contribution in [1.82, 2.24) is 9.62 Å². The molecule has 0 aliphatic carbocycles. The van der Waals surface area contributed by atoms with Gasteiger partial charge in [-0.1, -0.05) is 15.9 Å². The van der Waals surface area contributed by atoms with Crippen LogP contribution in [0.15, 0.2) is 32.0 Å². The summed E-state index contributed by atoms with van der Waals surface area (Å²) in [7, 11) is -3.42. The Morgan fingerprint density at radius 2 is 2.05 bits per heavy atom. The van der Waals surface area contributed by atoms with Crippen LogP contribution < -0.4 is 5.32 Å². The summed E-state index contributed by atoms with van der Waals surface area (Å²) in [4.78, 5) is 0.347. The largest absolute Gasteiger partial charge is 0.312 e. The molecule has 1 N–H and O–H groups in total. The highest BCUT2D eigenvalue weighted by Crippen LogP contribution is 2.33. The Morgan fingerprint density at radius 3 is 2.75 bits per heavy atom. The lowest BCUT2D eigenvalue weighted by Crippen LogP contribution is -2.41. The summed E-state index contributed by atoms with van der Waals surface area (Å²) in [6.45, 7) is 2.20. The van der Waals surface area contributed by atoms with E-state index in [9.17, 15) is 8.42 Å². The highest BCUT2D eigenvalue weighted by molar-refractivity contribution is 9.11. The summed E-state index contributed by atoms with van der Waals surface area (Å²) in [5.74, 6) is 0.452. The predicted octanol–water partition coefficient (Wildman–Crippen LogP) is 2.58. The topological polar surface area (TPSA) is 49.4 Å². The van der Waals surface area contributed by atoms with Crippen molar-refractivity contribution in [3.05, 3.63) is 27.1 Å². The Bertz CT molecular complexity index is 607. The minimum absolute atomic E-state index is 0.313. The standard InChI is InChI=1S/C13H16Br2N2O2S/c14-10-3-4-13(11(15)6-10)20(18,19)17-7-9-2-1-5-16-12(9)8-17/h3-4,6,9,12,16H,1-2,5,7-8H2/t9-,12+/m0/s1. The number of fused-ring (bicyclic) bond motifs is 1. The second-order valence-electron chi connectivity index (χ2n) is 5.36. The molecule has 2 atom stereocenters. The molecule has 110 valence electrons. The van der Waals surface area contributed by atoms with Crippen LogP contribution in [0.25, 0.3) is 0 Å². The summed E-state index contributed by atoms with van der Waals surface area (Å²) < 4.78 is 28.6. The van der Waals surface area contributed by atoms with Gasteiger partial charge in [-0.25, -0.2) is 8.42 Å². The number of sulfonamides is 1. The highest BCUT2D eigenvalue weighted by atomic mass is 79.9. The molecule has 2 saturated heterocycles. The van der Waals surface area contributed by atoms with Crippen molar-refractivity contribution >= 4 is 41.9 Å². The second-order valence-corrected chi connectivity index (χ2v) is 9.04. The maximum atomic E-state index is 12.8. The van der Waals surface area contributed by atoms with E-state index < -0.39 is 10.0 Å². The molecule has 2 heterocycles. The number of hydrogen-bond donors (Lipinski definition) is 1. The smallest absolute Gasteiger partial charge is 0.244 e. The quantitative estimate of drug-likeness (QED) is 0.795. The lowest BCUT2D eigenvalue weighted by molar-refractivity contribution is 0.339. The van der Waals surface area contributed by atoms with E-state index in [0.29, 0.717) is 34.4 Å². The molecule has 0 spiro atoms. The van der Waals surface area contributed by atoms with Crippen LogP contribution >= 0.6 is 31.9 Å². The van der Waals surface area contributed by atoms with Crippen LogP contribution in [0.2, 0.25) is 0 Å². The first-order valence-electron chi connectivity index (χ1n) is 6.67. The molecule has 0 aromatic heterocycles. The molecule has 20 heavy (non-hydrogen) atoms. The third-order valence-corrected chi connectivity index (χ3v) is 7.38. The first-order valence-corrected chi connectivity index (χ1v) is 9.69. The molecule has 0 saturated carbocycles. The maximum absolute atomic E-state index is 12.8. The number of rotatable bonds is 2. The molecule has 0 amide bonds. The third kappa shape index (κ3) is 2.70. The summed E-state index contributed by atoms with van der Waals surface area (Å²) in [6, 6.07) is 5.50. The number of piperidine rings is 1. The normalized spacial score (nSPS) is 27.5. The Morgan fingerprint density at radius 1 is 1.25 bits per heavy atom. The van der Waals surface area contributed by atoms with Crippen molar-refractivity contribution in [3.8, 4) is 0 Å². The molecule has 4 nitrogen and oxygen atoms in total. The van der Waals surface area contributed by atoms with Gasteiger partial charge in [-0.15, -0.1) is 0 Å². The Kier molecular flexibility index (Phi) is 4.25. The van der Waals surface area contributed by atoms with Crippen LogP contribution in [0, 0.1) is 5.92 Å². The van der Waals surface area contributed by atoms with Gasteiger partial charge in [0.2, 0.25) is 10.0 Å². The van der Waals surface area contributed by atoms with Gasteiger partial charge in [0.15, 0.2) is 0 Å². The van der Waals surface area contributed by atoms with Crippen molar-refractivity contribution in [1.29, 1.82) is 0 Å². The summed E-state index contributed by atoms with van der Waals surface area (Å²) in [5.41, 5.74) is 0. The predicted molar refractivity (Wildman–Crippen MR) is 85.1 cm³/mol. The first-order chi connectivity index (χ1) is 9.48. The van der Waals surface area contributed by atoms with E-state index in [4.69, 9.17) is 0 Å². The molecule has 2 fully saturated rings. The third-order valence-electron chi connectivity index (χ3n) is 4.08. The van der Waals surface area contributed by atoms with Gasteiger partial charge in [-0.05, 0) is 59.4 Å². The van der Waals surface area contributed by atoms with Crippen LogP contribution in [0.5, 0.6) is 0 Å². The minimum atomic E-state index is -3.42. The van der Waals surface area contributed by atoms with E-state index in [1.54, 1.807) is 22.5 Å². The van der Waals surface area contributed by atoms with Crippen LogP contribution in [-0.2, 0) is 10.0 Å². The number of halogens is 2. The summed E-state index contributed by atoms with van der Waals surface area (Å²) in [6.07, 6.45) is 2.25. The number of benzene rings is 1. The van der Waals surface area contributed by atoms with Crippen LogP contribution in [0.3, 0.4) is 0 Å². The minimum Gasteiger partial charge on any atom is -0.312 e. The Balaban J connectivity index is 1.89. The number of nitrogens with one attached hydrogen (secondary N) is 1. The van der Waals surface area contributed by atoms with Gasteiger partial charge in [0.05, 0.1) is 4.90 Å². The van der Waals surface area contributed by atoms with Crippen LogP contribution in [0.1, 0.15) is 12.8 Å². The monoisotopic (exact) mass is 422 g/mol. The van der Waals surface area contributed by atoms with Gasteiger partial charge in [0.25, 0.3) is 0 Å². The van der Waals surface area contributed by atoms with E-state index in [1.807, 2.05) is 0 Å². The molecular formula is C13H16Br2N2O2S. The van der Waals surface area contributed by atoms with E-state index in [-0.39, 0.29) is 0 Å². The fourth-order valence-corrected chi connectivity index (χ4v) is 6.26. The molecular weight excluding hydrogens is 408 g/mol. The summed E-state index contributed by atoms with van der Waals surface area (Å²) in [5, 5.41) is 3.43. The first kappa shape index (κ1) is 15.0. The van der Waals surface area contributed by atoms with Crippen molar-refractivity contribution in [2.75, 3.05) is 19.6 Å². The van der Waals surface area contributed by atoms with Gasteiger partial charge < -0.3 is 5.32 Å². The van der Waals surface area contributed by atoms with Gasteiger partial charge in [-0.3, -0.25) is 0 Å². The van der Waals surface area contributed by atoms with Gasteiger partial charge in [-0.2, -0.15) is 4.31 Å². The van der Waals surface area contributed by atoms with Gasteiger partial charge >= 0.3 is 0 Å². The number of nitrogens with zero attached hydrogens (tertiary/aromatic N) is 1. The second kappa shape index (κ2) is 5.68. The van der Waals surface area contributed by atoms with Crippen molar-refractivity contribution in [2.45, 2.75) is 23.8 Å². The van der Waals surface area contributed by atoms with Crippen LogP contribution in [0.4, 0.5) is 0 Å². The molecule has 7 heteroatoms. The Labute approximate surface area is 136 Å². The number of hydrogen-bond acceptors (Lipinski definition) is 3. The molecule has 0 radical (unpaired) electrons. The zero-order valence-electron chi connectivity index (χ0n) is 10.9. The van der Waals surface area contributed by atoms with Gasteiger partial charge in [0.1, 0.15) is 0 Å². The molecule has 3 rings (SSSR count). The Hall–Kier alpha value is 0.0500. The van der Waals surface area contributed by atoms with Crippen molar-refractivity contribution in [2.24, 2.45) is 5.92 Å². The maximum Gasteiger partial charge on any atom is 0.244 e. The molecule has 1 aromatic carbocycles. The molecule has 0 bridgehead atoms. The zero-order chi connectivity index (χ0) is 14.3. The van der Waals surface area contributed by atoms with Crippen LogP contribution in [-0.4, -0.2) is 38.4 Å².